The summed E-state index contributed by atoms with van der Waals surface area (Å²) in [5.74, 6) is 1.92. The van der Waals surface area contributed by atoms with Crippen molar-refractivity contribution < 1.29 is 4.79 Å². The van der Waals surface area contributed by atoms with Gasteiger partial charge in [-0.2, -0.15) is 0 Å². The molecule has 1 saturated heterocycles. The van der Waals surface area contributed by atoms with E-state index >= 15 is 0 Å². The summed E-state index contributed by atoms with van der Waals surface area (Å²) in [6.45, 7) is 11.3. The SMILES string of the molecule is CCNC(=NCc1ccnc(N2CCCCCC2)c1)N(C)CC(=O)N(CC)CC. The van der Waals surface area contributed by atoms with Crippen LogP contribution in [0.2, 0.25) is 0 Å². The molecule has 0 saturated carbocycles. The topological polar surface area (TPSA) is 64.1 Å². The van der Waals surface area contributed by atoms with Crippen LogP contribution in [-0.4, -0.2) is 73.0 Å². The summed E-state index contributed by atoms with van der Waals surface area (Å²) in [5, 5.41) is 3.30. The van der Waals surface area contributed by atoms with Crippen molar-refractivity contribution in [2.75, 3.05) is 51.2 Å². The number of pyridine rings is 1. The van der Waals surface area contributed by atoms with Crippen molar-refractivity contribution in [2.45, 2.75) is 53.0 Å². The molecule has 29 heavy (non-hydrogen) atoms. The highest BCUT2D eigenvalue weighted by molar-refractivity contribution is 5.86. The lowest BCUT2D eigenvalue weighted by molar-refractivity contribution is -0.131. The molecule has 1 aliphatic heterocycles. The van der Waals surface area contributed by atoms with Gasteiger partial charge in [0.25, 0.3) is 0 Å². The maximum atomic E-state index is 12.4. The lowest BCUT2D eigenvalue weighted by Crippen LogP contribution is -2.45. The first-order valence-corrected chi connectivity index (χ1v) is 11.1. The first-order valence-electron chi connectivity index (χ1n) is 11.1. The second kappa shape index (κ2) is 12.3. The van der Waals surface area contributed by atoms with Gasteiger partial charge < -0.3 is 20.0 Å². The Morgan fingerprint density at radius 2 is 1.86 bits per heavy atom. The highest BCUT2D eigenvalue weighted by Gasteiger charge is 2.15. The van der Waals surface area contributed by atoms with E-state index in [2.05, 4.69) is 21.3 Å². The molecule has 7 heteroatoms. The first kappa shape index (κ1) is 23.0. The van der Waals surface area contributed by atoms with E-state index in [0.717, 1.165) is 50.1 Å². The van der Waals surface area contributed by atoms with Gasteiger partial charge in [-0.25, -0.2) is 9.98 Å². The van der Waals surface area contributed by atoms with Crippen molar-refractivity contribution in [3.8, 4) is 0 Å². The van der Waals surface area contributed by atoms with E-state index in [9.17, 15) is 4.79 Å². The molecule has 1 fully saturated rings. The summed E-state index contributed by atoms with van der Waals surface area (Å²) in [6, 6.07) is 4.18. The molecule has 0 aliphatic carbocycles. The molecule has 0 bridgehead atoms. The summed E-state index contributed by atoms with van der Waals surface area (Å²) in [7, 11) is 1.91. The zero-order valence-electron chi connectivity index (χ0n) is 18.7. The largest absolute Gasteiger partial charge is 0.357 e. The average molecular weight is 403 g/mol. The highest BCUT2D eigenvalue weighted by Crippen LogP contribution is 2.18. The number of rotatable bonds is 8. The molecule has 2 rings (SSSR count). The van der Waals surface area contributed by atoms with Gasteiger partial charge >= 0.3 is 0 Å². The predicted molar refractivity (Wildman–Crippen MR) is 120 cm³/mol. The van der Waals surface area contributed by atoms with Crippen LogP contribution < -0.4 is 10.2 Å². The second-order valence-corrected chi connectivity index (χ2v) is 7.52. The summed E-state index contributed by atoms with van der Waals surface area (Å²) in [4.78, 5) is 27.9. The van der Waals surface area contributed by atoms with Crippen LogP contribution in [0.3, 0.4) is 0 Å². The quantitative estimate of drug-likeness (QED) is 0.535. The Kier molecular flexibility index (Phi) is 9.74. The Morgan fingerprint density at radius 3 is 2.48 bits per heavy atom. The van der Waals surface area contributed by atoms with E-state index in [0.29, 0.717) is 13.1 Å². The molecule has 1 aromatic rings. The summed E-state index contributed by atoms with van der Waals surface area (Å²) in [6.07, 6.45) is 6.97. The number of nitrogens with one attached hydrogen (secondary N) is 1. The van der Waals surface area contributed by atoms with Crippen molar-refractivity contribution in [3.63, 3.8) is 0 Å². The molecule has 0 radical (unpaired) electrons. The number of guanidine groups is 1. The molecule has 2 heterocycles. The number of likely N-dealkylation sites (N-methyl/N-ethyl adjacent to an activating group) is 2. The number of aromatic nitrogens is 1. The Bertz CT molecular complexity index is 650. The van der Waals surface area contributed by atoms with Crippen LogP contribution in [0.5, 0.6) is 0 Å². The van der Waals surface area contributed by atoms with Crippen LogP contribution in [0.15, 0.2) is 23.3 Å². The summed E-state index contributed by atoms with van der Waals surface area (Å²) >= 11 is 0. The van der Waals surface area contributed by atoms with Crippen molar-refractivity contribution in [2.24, 2.45) is 4.99 Å². The normalized spacial score (nSPS) is 15.0. The van der Waals surface area contributed by atoms with E-state index in [1.54, 1.807) is 0 Å². The zero-order chi connectivity index (χ0) is 21.1. The lowest BCUT2D eigenvalue weighted by atomic mass is 10.2. The fraction of sp³-hybridized carbons (Fsp3) is 0.682. The molecule has 0 spiro atoms. The number of nitrogens with zero attached hydrogens (tertiary/aromatic N) is 5. The lowest BCUT2D eigenvalue weighted by Gasteiger charge is -2.25. The second-order valence-electron chi connectivity index (χ2n) is 7.52. The van der Waals surface area contributed by atoms with Crippen molar-refractivity contribution in [1.82, 2.24) is 20.1 Å². The predicted octanol–water partition coefficient (Wildman–Crippen LogP) is 2.73. The number of hydrogen-bond acceptors (Lipinski definition) is 4. The molecule has 1 N–H and O–H groups in total. The van der Waals surface area contributed by atoms with Crippen LogP contribution in [0.1, 0.15) is 52.0 Å². The maximum Gasteiger partial charge on any atom is 0.242 e. The van der Waals surface area contributed by atoms with Gasteiger partial charge in [0.05, 0.1) is 13.1 Å². The van der Waals surface area contributed by atoms with Gasteiger partial charge in [0.15, 0.2) is 5.96 Å². The molecule has 7 nitrogen and oxygen atoms in total. The third-order valence-electron chi connectivity index (χ3n) is 5.34. The molecular formula is C22H38N6O. The van der Waals surface area contributed by atoms with E-state index in [-0.39, 0.29) is 5.91 Å². The number of aliphatic imine (C=N–C) groups is 1. The standard InChI is InChI=1S/C22H38N6O/c1-5-23-22(26(4)18-21(29)27(6-2)7-3)25-17-19-12-13-24-20(16-19)28-14-10-8-9-11-15-28/h12-13,16H,5-11,14-15,17-18H2,1-4H3,(H,23,25). The van der Waals surface area contributed by atoms with Gasteiger partial charge in [-0.05, 0) is 51.3 Å². The van der Waals surface area contributed by atoms with Gasteiger partial charge in [0, 0.05) is 46.0 Å². The van der Waals surface area contributed by atoms with Gasteiger partial charge in [0.1, 0.15) is 5.82 Å². The molecule has 0 aromatic carbocycles. The van der Waals surface area contributed by atoms with E-state index in [1.165, 1.54) is 25.7 Å². The fourth-order valence-corrected chi connectivity index (χ4v) is 3.62. The van der Waals surface area contributed by atoms with Crippen LogP contribution in [0, 0.1) is 0 Å². The van der Waals surface area contributed by atoms with Gasteiger partial charge in [-0.1, -0.05) is 12.8 Å². The molecular weight excluding hydrogens is 364 g/mol. The van der Waals surface area contributed by atoms with Crippen molar-refractivity contribution in [1.29, 1.82) is 0 Å². The molecule has 0 unspecified atom stereocenters. The Balaban J connectivity index is 2.05. The number of carbonyl (C=O) groups excluding carboxylic acids is 1. The first-order chi connectivity index (χ1) is 14.1. The van der Waals surface area contributed by atoms with E-state index in [4.69, 9.17) is 4.99 Å². The third-order valence-corrected chi connectivity index (χ3v) is 5.34. The van der Waals surface area contributed by atoms with Gasteiger partial charge in [-0.3, -0.25) is 4.79 Å². The number of anilines is 1. The Labute approximate surface area is 176 Å². The summed E-state index contributed by atoms with van der Waals surface area (Å²) in [5.41, 5.74) is 1.14. The summed E-state index contributed by atoms with van der Waals surface area (Å²) < 4.78 is 0. The Hall–Kier alpha value is -2.31. The zero-order valence-corrected chi connectivity index (χ0v) is 18.7. The molecule has 1 amide bonds. The smallest absolute Gasteiger partial charge is 0.242 e. The van der Waals surface area contributed by atoms with Crippen LogP contribution in [-0.2, 0) is 11.3 Å². The molecule has 1 aromatic heterocycles. The van der Waals surface area contributed by atoms with Crippen LogP contribution in [0.25, 0.3) is 0 Å². The monoisotopic (exact) mass is 402 g/mol. The maximum absolute atomic E-state index is 12.4. The molecule has 0 atom stereocenters. The van der Waals surface area contributed by atoms with Crippen LogP contribution >= 0.6 is 0 Å². The Morgan fingerprint density at radius 1 is 1.17 bits per heavy atom. The fourth-order valence-electron chi connectivity index (χ4n) is 3.62. The molecule has 1 aliphatic rings. The number of carbonyl (C=O) groups is 1. The van der Waals surface area contributed by atoms with E-state index < -0.39 is 0 Å². The van der Waals surface area contributed by atoms with Crippen molar-refractivity contribution in [3.05, 3.63) is 23.9 Å². The minimum Gasteiger partial charge on any atom is -0.357 e. The van der Waals surface area contributed by atoms with Gasteiger partial charge in [0.2, 0.25) is 5.91 Å². The number of amides is 1. The van der Waals surface area contributed by atoms with Gasteiger partial charge in [-0.15, -0.1) is 0 Å². The third kappa shape index (κ3) is 7.22. The highest BCUT2D eigenvalue weighted by atomic mass is 16.2. The average Bonchev–Trinajstić information content (AvgIpc) is 3.01. The number of hydrogen-bond donors (Lipinski definition) is 1. The van der Waals surface area contributed by atoms with E-state index in [1.807, 2.05) is 49.9 Å². The van der Waals surface area contributed by atoms with Crippen LogP contribution in [0.4, 0.5) is 5.82 Å². The van der Waals surface area contributed by atoms with Crippen molar-refractivity contribution >= 4 is 17.7 Å². The molecule has 162 valence electrons. The minimum absolute atomic E-state index is 0.121. The minimum atomic E-state index is 0.121.